The molecule has 2 N–H and O–H groups in total. The number of hydrogen-bond donors (Lipinski definition) is 1. The molecule has 0 aliphatic carbocycles. The van der Waals surface area contributed by atoms with E-state index in [9.17, 15) is 0 Å². The van der Waals surface area contributed by atoms with E-state index in [1.807, 2.05) is 0 Å². The molecule has 0 bridgehead atoms. The third-order valence-electron chi connectivity index (χ3n) is 3.73. The summed E-state index contributed by atoms with van der Waals surface area (Å²) in [4.78, 5) is 2.51. The summed E-state index contributed by atoms with van der Waals surface area (Å²) in [5.41, 5.74) is 8.09. The number of rotatable bonds is 7. The van der Waals surface area contributed by atoms with Gasteiger partial charge in [-0.15, -0.1) is 0 Å². The van der Waals surface area contributed by atoms with Crippen LogP contribution in [0.4, 0.5) is 0 Å². The van der Waals surface area contributed by atoms with Crippen LogP contribution in [0.5, 0.6) is 0 Å². The zero-order chi connectivity index (χ0) is 13.3. The zero-order valence-corrected chi connectivity index (χ0v) is 11.8. The first-order valence-corrected chi connectivity index (χ1v) is 7.46. The van der Waals surface area contributed by atoms with Crippen LogP contribution in [0.15, 0.2) is 24.3 Å². The van der Waals surface area contributed by atoms with Crippen LogP contribution < -0.4 is 5.73 Å². The van der Waals surface area contributed by atoms with Gasteiger partial charge in [-0.05, 0) is 50.0 Å². The van der Waals surface area contributed by atoms with Crippen LogP contribution in [0.25, 0.3) is 0 Å². The largest absolute Gasteiger partial charge is 0.375 e. The lowest BCUT2D eigenvalue weighted by Gasteiger charge is -2.26. The van der Waals surface area contributed by atoms with Crippen molar-refractivity contribution in [2.75, 3.05) is 32.8 Å². The molecule has 0 aromatic heterocycles. The first kappa shape index (κ1) is 14.5. The van der Waals surface area contributed by atoms with Crippen molar-refractivity contribution in [3.8, 4) is 0 Å². The number of piperidine rings is 1. The molecule has 0 unspecified atom stereocenters. The molecule has 1 aromatic rings. The fraction of sp³-hybridized carbons (Fsp3) is 0.625. The monoisotopic (exact) mass is 262 g/mol. The van der Waals surface area contributed by atoms with Crippen molar-refractivity contribution in [3.63, 3.8) is 0 Å². The SMILES string of the molecule is NCCc1ccc(COCCN2CCCCC2)cc1. The van der Waals surface area contributed by atoms with Crippen LogP contribution in [0.2, 0.25) is 0 Å². The van der Waals surface area contributed by atoms with Gasteiger partial charge in [0.1, 0.15) is 0 Å². The Morgan fingerprint density at radius 1 is 1.00 bits per heavy atom. The van der Waals surface area contributed by atoms with E-state index in [2.05, 4.69) is 29.2 Å². The second-order valence-electron chi connectivity index (χ2n) is 5.31. The fourth-order valence-electron chi connectivity index (χ4n) is 2.54. The first-order chi connectivity index (χ1) is 9.38. The smallest absolute Gasteiger partial charge is 0.0717 e. The zero-order valence-electron chi connectivity index (χ0n) is 11.8. The maximum Gasteiger partial charge on any atom is 0.0717 e. The number of nitrogens with zero attached hydrogens (tertiary/aromatic N) is 1. The predicted molar refractivity (Wildman–Crippen MR) is 79.1 cm³/mol. The summed E-state index contributed by atoms with van der Waals surface area (Å²) in [6.45, 7) is 5.84. The molecule has 0 spiro atoms. The third-order valence-corrected chi connectivity index (χ3v) is 3.73. The molecular weight excluding hydrogens is 236 g/mol. The Bertz CT molecular complexity index is 344. The van der Waals surface area contributed by atoms with Gasteiger partial charge in [-0.25, -0.2) is 0 Å². The highest BCUT2D eigenvalue weighted by atomic mass is 16.5. The predicted octanol–water partition coefficient (Wildman–Crippen LogP) is 2.19. The van der Waals surface area contributed by atoms with Crippen LogP contribution in [0.3, 0.4) is 0 Å². The summed E-state index contributed by atoms with van der Waals surface area (Å²) >= 11 is 0. The second-order valence-corrected chi connectivity index (χ2v) is 5.31. The van der Waals surface area contributed by atoms with Gasteiger partial charge < -0.3 is 15.4 Å². The lowest BCUT2D eigenvalue weighted by Crippen LogP contribution is -2.32. The van der Waals surface area contributed by atoms with Crippen LogP contribution >= 0.6 is 0 Å². The van der Waals surface area contributed by atoms with Gasteiger partial charge in [0.2, 0.25) is 0 Å². The molecule has 3 heteroatoms. The minimum absolute atomic E-state index is 0.714. The molecule has 0 radical (unpaired) electrons. The number of benzene rings is 1. The molecule has 0 amide bonds. The summed E-state index contributed by atoms with van der Waals surface area (Å²) in [6, 6.07) is 8.59. The molecular formula is C16H26N2O. The summed E-state index contributed by atoms with van der Waals surface area (Å²) < 4.78 is 5.76. The number of hydrogen-bond acceptors (Lipinski definition) is 3. The van der Waals surface area contributed by atoms with Crippen LogP contribution in [-0.2, 0) is 17.8 Å². The Labute approximate surface area is 116 Å². The Morgan fingerprint density at radius 2 is 1.68 bits per heavy atom. The van der Waals surface area contributed by atoms with Gasteiger partial charge in [0, 0.05) is 6.54 Å². The molecule has 2 rings (SSSR count). The lowest BCUT2D eigenvalue weighted by atomic mass is 10.1. The Kier molecular flexibility index (Phi) is 6.34. The molecule has 1 aliphatic heterocycles. The Hall–Kier alpha value is -0.900. The van der Waals surface area contributed by atoms with Crippen molar-refractivity contribution < 1.29 is 4.74 Å². The van der Waals surface area contributed by atoms with Gasteiger partial charge in [-0.3, -0.25) is 0 Å². The van der Waals surface area contributed by atoms with Crippen LogP contribution in [-0.4, -0.2) is 37.7 Å². The Morgan fingerprint density at radius 3 is 2.37 bits per heavy atom. The highest BCUT2D eigenvalue weighted by Gasteiger charge is 2.08. The van der Waals surface area contributed by atoms with Crippen molar-refractivity contribution in [3.05, 3.63) is 35.4 Å². The van der Waals surface area contributed by atoms with E-state index in [1.54, 1.807) is 0 Å². The molecule has 1 aliphatic rings. The van der Waals surface area contributed by atoms with Gasteiger partial charge in [0.05, 0.1) is 13.2 Å². The quantitative estimate of drug-likeness (QED) is 0.766. The molecule has 0 saturated carbocycles. The van der Waals surface area contributed by atoms with Gasteiger partial charge >= 0.3 is 0 Å². The van der Waals surface area contributed by atoms with Gasteiger partial charge in [0.25, 0.3) is 0 Å². The average Bonchev–Trinajstić information content (AvgIpc) is 2.47. The Balaban J connectivity index is 1.62. The maximum atomic E-state index is 5.76. The number of nitrogens with two attached hydrogens (primary N) is 1. The van der Waals surface area contributed by atoms with Crippen molar-refractivity contribution in [2.24, 2.45) is 5.73 Å². The maximum absolute atomic E-state index is 5.76. The molecule has 1 fully saturated rings. The minimum Gasteiger partial charge on any atom is -0.375 e. The molecule has 3 nitrogen and oxygen atoms in total. The first-order valence-electron chi connectivity index (χ1n) is 7.46. The van der Waals surface area contributed by atoms with E-state index in [-0.39, 0.29) is 0 Å². The molecule has 0 atom stereocenters. The highest BCUT2D eigenvalue weighted by molar-refractivity contribution is 5.22. The van der Waals surface area contributed by atoms with Gasteiger partial charge in [-0.1, -0.05) is 30.7 Å². The number of likely N-dealkylation sites (tertiary alicyclic amines) is 1. The molecule has 1 saturated heterocycles. The second kappa shape index (κ2) is 8.31. The van der Waals surface area contributed by atoms with E-state index in [1.165, 1.54) is 43.5 Å². The summed E-state index contributed by atoms with van der Waals surface area (Å²) in [5.74, 6) is 0. The van der Waals surface area contributed by atoms with Gasteiger partial charge in [-0.2, -0.15) is 0 Å². The van der Waals surface area contributed by atoms with E-state index in [4.69, 9.17) is 10.5 Å². The topological polar surface area (TPSA) is 38.5 Å². The lowest BCUT2D eigenvalue weighted by molar-refractivity contribution is 0.0863. The molecule has 1 heterocycles. The minimum atomic E-state index is 0.714. The summed E-state index contributed by atoms with van der Waals surface area (Å²) in [5, 5.41) is 0. The molecule has 1 aromatic carbocycles. The van der Waals surface area contributed by atoms with Crippen molar-refractivity contribution in [1.29, 1.82) is 0 Å². The van der Waals surface area contributed by atoms with E-state index in [0.29, 0.717) is 6.54 Å². The average molecular weight is 262 g/mol. The molecule has 106 valence electrons. The highest BCUT2D eigenvalue weighted by Crippen LogP contribution is 2.09. The standard InChI is InChI=1S/C16H26N2O/c17-9-8-15-4-6-16(7-5-15)14-19-13-12-18-10-2-1-3-11-18/h4-7H,1-3,8-14,17H2. The number of ether oxygens (including phenoxy) is 1. The van der Waals surface area contributed by atoms with Crippen LogP contribution in [0, 0.1) is 0 Å². The summed E-state index contributed by atoms with van der Waals surface area (Å²) in [7, 11) is 0. The van der Waals surface area contributed by atoms with Crippen molar-refractivity contribution in [2.45, 2.75) is 32.3 Å². The fourth-order valence-corrected chi connectivity index (χ4v) is 2.54. The third kappa shape index (κ3) is 5.31. The van der Waals surface area contributed by atoms with E-state index >= 15 is 0 Å². The van der Waals surface area contributed by atoms with Crippen molar-refractivity contribution in [1.82, 2.24) is 4.90 Å². The van der Waals surface area contributed by atoms with E-state index in [0.717, 1.165) is 26.2 Å². The van der Waals surface area contributed by atoms with Gasteiger partial charge in [0.15, 0.2) is 0 Å². The normalized spacial score (nSPS) is 16.7. The summed E-state index contributed by atoms with van der Waals surface area (Å²) in [6.07, 6.45) is 5.05. The molecule has 19 heavy (non-hydrogen) atoms. The van der Waals surface area contributed by atoms with Crippen LogP contribution in [0.1, 0.15) is 30.4 Å². The van der Waals surface area contributed by atoms with E-state index < -0.39 is 0 Å². The van der Waals surface area contributed by atoms with Crippen molar-refractivity contribution >= 4 is 0 Å².